The highest BCUT2D eigenvalue weighted by Crippen LogP contribution is 2.40. The van der Waals surface area contributed by atoms with Gasteiger partial charge in [0.15, 0.2) is 0 Å². The lowest BCUT2D eigenvalue weighted by Gasteiger charge is -2.14. The van der Waals surface area contributed by atoms with Crippen molar-refractivity contribution in [1.29, 1.82) is 0 Å². The van der Waals surface area contributed by atoms with Crippen molar-refractivity contribution in [3.05, 3.63) is 35.9 Å². The Bertz CT molecular complexity index is 1230. The van der Waals surface area contributed by atoms with Gasteiger partial charge < -0.3 is 19.2 Å². The van der Waals surface area contributed by atoms with Gasteiger partial charge in [-0.3, -0.25) is 4.79 Å². The molecule has 8 nitrogen and oxygen atoms in total. The fourth-order valence-electron chi connectivity index (χ4n) is 3.30. The van der Waals surface area contributed by atoms with Gasteiger partial charge in [0, 0.05) is 11.8 Å². The molecule has 9 heteroatoms. The van der Waals surface area contributed by atoms with Gasteiger partial charge in [0.1, 0.15) is 17.3 Å². The van der Waals surface area contributed by atoms with Gasteiger partial charge in [-0.15, -0.1) is 0 Å². The van der Waals surface area contributed by atoms with Crippen LogP contribution in [0.15, 0.2) is 30.3 Å². The van der Waals surface area contributed by atoms with Crippen molar-refractivity contribution in [3.8, 4) is 22.9 Å². The number of rotatable bonds is 4. The zero-order chi connectivity index (χ0) is 20.3. The molecular formula is C19H19N3O5S. The maximum Gasteiger partial charge on any atom is 0.306 e. The predicted molar refractivity (Wildman–Crippen MR) is 105 cm³/mol. The van der Waals surface area contributed by atoms with Crippen LogP contribution >= 0.6 is 0 Å². The van der Waals surface area contributed by atoms with Crippen LogP contribution in [0.2, 0.25) is 0 Å². The Morgan fingerprint density at radius 2 is 1.89 bits per heavy atom. The Balaban J connectivity index is 1.79. The third-order valence-electron chi connectivity index (χ3n) is 4.79. The number of H-pyrrole nitrogens is 1. The van der Waals surface area contributed by atoms with Crippen LogP contribution in [0.3, 0.4) is 0 Å². The first-order chi connectivity index (χ1) is 13.1. The van der Waals surface area contributed by atoms with E-state index in [2.05, 4.69) is 15.3 Å². The van der Waals surface area contributed by atoms with Gasteiger partial charge in [0.25, 0.3) is 0 Å². The summed E-state index contributed by atoms with van der Waals surface area (Å²) in [4.78, 5) is 20.0. The number of nitrogens with one attached hydrogen (secondary N) is 2. The summed E-state index contributed by atoms with van der Waals surface area (Å²) in [6.07, 6.45) is 0.978. The van der Waals surface area contributed by atoms with E-state index in [-0.39, 0.29) is 11.7 Å². The molecule has 1 amide bonds. The van der Waals surface area contributed by atoms with Crippen molar-refractivity contribution in [2.24, 2.45) is 0 Å². The average Bonchev–Trinajstić information content (AvgIpc) is 3.10. The molecule has 0 saturated carbocycles. The molecule has 2 N–H and O–H groups in total. The lowest BCUT2D eigenvalue weighted by atomic mass is 9.86. The molecule has 146 valence electrons. The minimum atomic E-state index is -3.64. The molecule has 0 saturated heterocycles. The highest BCUT2D eigenvalue weighted by molar-refractivity contribution is 7.86. The highest BCUT2D eigenvalue weighted by Gasteiger charge is 2.38. The summed E-state index contributed by atoms with van der Waals surface area (Å²) >= 11 is 0. The molecular weight excluding hydrogens is 382 g/mol. The fourth-order valence-corrected chi connectivity index (χ4v) is 3.75. The number of aromatic nitrogens is 2. The number of hydrogen-bond donors (Lipinski definition) is 2. The number of benzene rings is 2. The topological polar surface area (TPSA) is 110 Å². The summed E-state index contributed by atoms with van der Waals surface area (Å²) in [7, 11) is -2.15. The summed E-state index contributed by atoms with van der Waals surface area (Å²) in [5.74, 6) is 1.09. The first kappa shape index (κ1) is 18.3. The first-order valence-electron chi connectivity index (χ1n) is 8.52. The van der Waals surface area contributed by atoms with Crippen molar-refractivity contribution in [2.45, 2.75) is 19.3 Å². The molecule has 0 radical (unpaired) electrons. The predicted octanol–water partition coefficient (Wildman–Crippen LogP) is 2.81. The van der Waals surface area contributed by atoms with Gasteiger partial charge in [0.2, 0.25) is 5.91 Å². The van der Waals surface area contributed by atoms with Gasteiger partial charge in [-0.25, -0.2) is 4.98 Å². The van der Waals surface area contributed by atoms with E-state index in [1.165, 1.54) is 19.2 Å². The van der Waals surface area contributed by atoms with Crippen molar-refractivity contribution in [2.75, 3.05) is 18.7 Å². The van der Waals surface area contributed by atoms with E-state index in [1.807, 2.05) is 26.0 Å². The molecule has 28 heavy (non-hydrogen) atoms. The maximum absolute atomic E-state index is 12.1. The molecule has 0 spiro atoms. The Labute approximate surface area is 162 Å². The van der Waals surface area contributed by atoms with E-state index in [9.17, 15) is 13.2 Å². The van der Waals surface area contributed by atoms with E-state index in [0.29, 0.717) is 22.7 Å². The lowest BCUT2D eigenvalue weighted by molar-refractivity contribution is -0.119. The number of anilines is 1. The number of nitrogens with zero attached hydrogens (tertiary/aromatic N) is 1. The Hall–Kier alpha value is -3.07. The Morgan fingerprint density at radius 3 is 2.57 bits per heavy atom. The lowest BCUT2D eigenvalue weighted by Crippen LogP contribution is -2.26. The number of methoxy groups -OCH3 is 1. The number of hydrogen-bond acceptors (Lipinski definition) is 6. The van der Waals surface area contributed by atoms with Gasteiger partial charge in [-0.05, 0) is 43.7 Å². The third-order valence-corrected chi connectivity index (χ3v) is 5.28. The quantitative estimate of drug-likeness (QED) is 0.651. The summed E-state index contributed by atoms with van der Waals surface area (Å²) in [5, 5.41) is 2.89. The van der Waals surface area contributed by atoms with Crippen LogP contribution in [0.25, 0.3) is 22.4 Å². The summed E-state index contributed by atoms with van der Waals surface area (Å²) in [5.41, 5.74) is 3.19. The van der Waals surface area contributed by atoms with Gasteiger partial charge in [-0.1, -0.05) is 0 Å². The maximum atomic E-state index is 12.1. The fraction of sp³-hybridized carbons (Fsp3) is 0.263. The Kier molecular flexibility index (Phi) is 3.90. The van der Waals surface area contributed by atoms with Crippen LogP contribution in [-0.4, -0.2) is 37.7 Å². The molecule has 2 heterocycles. The molecule has 0 unspecified atom stereocenters. The smallest absolute Gasteiger partial charge is 0.306 e. The molecule has 0 atom stereocenters. The molecule has 4 rings (SSSR count). The molecule has 1 aromatic heterocycles. The SMILES string of the molecule is COc1cc(OS(C)(=O)=O)ccc1-c1nc2cc3c(cc2[nH]1)C(C)(C)C(=O)N3. The largest absolute Gasteiger partial charge is 0.496 e. The molecule has 0 fully saturated rings. The second-order valence-corrected chi connectivity index (χ2v) is 8.80. The number of carbonyl (C=O) groups is 1. The highest BCUT2D eigenvalue weighted by atomic mass is 32.2. The van der Waals surface area contributed by atoms with Crippen LogP contribution in [0.5, 0.6) is 11.5 Å². The van der Waals surface area contributed by atoms with Gasteiger partial charge >= 0.3 is 10.1 Å². The monoisotopic (exact) mass is 401 g/mol. The van der Waals surface area contributed by atoms with Crippen LogP contribution in [0.1, 0.15) is 19.4 Å². The zero-order valence-electron chi connectivity index (χ0n) is 15.8. The van der Waals surface area contributed by atoms with E-state index in [4.69, 9.17) is 8.92 Å². The van der Waals surface area contributed by atoms with Gasteiger partial charge in [0.05, 0.1) is 35.4 Å². The van der Waals surface area contributed by atoms with E-state index in [1.54, 1.807) is 6.07 Å². The molecule has 1 aliphatic rings. The zero-order valence-corrected chi connectivity index (χ0v) is 16.6. The molecule has 2 aromatic carbocycles. The Morgan fingerprint density at radius 1 is 1.14 bits per heavy atom. The van der Waals surface area contributed by atoms with E-state index >= 15 is 0 Å². The molecule has 3 aromatic rings. The molecule has 0 aliphatic carbocycles. The van der Waals surface area contributed by atoms with E-state index in [0.717, 1.165) is 23.0 Å². The second kappa shape index (κ2) is 5.96. The summed E-state index contributed by atoms with van der Waals surface area (Å²) in [6.45, 7) is 3.75. The van der Waals surface area contributed by atoms with Crippen LogP contribution in [-0.2, 0) is 20.3 Å². The second-order valence-electron chi connectivity index (χ2n) is 7.23. The van der Waals surface area contributed by atoms with Gasteiger partial charge in [-0.2, -0.15) is 8.42 Å². The average molecular weight is 401 g/mol. The number of carbonyl (C=O) groups excluding carboxylic acids is 1. The molecule has 0 bridgehead atoms. The number of ether oxygens (including phenoxy) is 1. The number of imidazole rings is 1. The minimum Gasteiger partial charge on any atom is -0.496 e. The van der Waals surface area contributed by atoms with E-state index < -0.39 is 15.5 Å². The number of aromatic amines is 1. The third kappa shape index (κ3) is 2.97. The first-order valence-corrected chi connectivity index (χ1v) is 10.3. The number of fused-ring (bicyclic) bond motifs is 2. The van der Waals surface area contributed by atoms with Crippen LogP contribution < -0.4 is 14.2 Å². The minimum absolute atomic E-state index is 0.0430. The normalized spacial score (nSPS) is 15.4. The summed E-state index contributed by atoms with van der Waals surface area (Å²) < 4.78 is 33.0. The van der Waals surface area contributed by atoms with Crippen LogP contribution in [0, 0.1) is 0 Å². The number of amides is 1. The molecule has 1 aliphatic heterocycles. The summed E-state index contributed by atoms with van der Waals surface area (Å²) in [6, 6.07) is 8.47. The van der Waals surface area contributed by atoms with Crippen LogP contribution in [0.4, 0.5) is 5.69 Å². The van der Waals surface area contributed by atoms with Crippen molar-refractivity contribution >= 4 is 32.7 Å². The van der Waals surface area contributed by atoms with Crippen molar-refractivity contribution in [3.63, 3.8) is 0 Å². The standard InChI is InChI=1S/C19H19N3O5S/c1-19(2)12-8-14-15(9-13(12)22-18(19)23)21-17(20-14)11-6-5-10(7-16(11)26-3)27-28(4,24)25/h5-9H,1-4H3,(H,20,21)(H,22,23). The van der Waals surface area contributed by atoms with Crippen molar-refractivity contribution in [1.82, 2.24) is 9.97 Å². The van der Waals surface area contributed by atoms with Crippen molar-refractivity contribution < 1.29 is 22.1 Å².